The third kappa shape index (κ3) is 2.74. The van der Waals surface area contributed by atoms with Gasteiger partial charge in [-0.15, -0.1) is 0 Å². The molecule has 1 aromatic carbocycles. The predicted molar refractivity (Wildman–Crippen MR) is 86.1 cm³/mol. The molecule has 3 rings (SSSR count). The molecule has 0 aliphatic carbocycles. The summed E-state index contributed by atoms with van der Waals surface area (Å²) in [4.78, 5) is 26.3. The van der Waals surface area contributed by atoms with Gasteiger partial charge in [-0.25, -0.2) is 13.1 Å². The van der Waals surface area contributed by atoms with E-state index in [4.69, 9.17) is 0 Å². The molecule has 1 amide bonds. The third-order valence-corrected chi connectivity index (χ3v) is 5.99. The standard InChI is InChI=1S/C15H17N3O4S/c1-17(10-7-8-23(21,22)9-10)15(20)13-11-5-3-4-6-12(11)14(19)18(2)16-13/h3-6,10H,7-9H2,1-2H3. The molecular weight excluding hydrogens is 318 g/mol. The Labute approximate surface area is 133 Å². The van der Waals surface area contributed by atoms with Crippen LogP contribution in [0.25, 0.3) is 10.8 Å². The van der Waals surface area contributed by atoms with Crippen LogP contribution in [0, 0.1) is 0 Å². The fraction of sp³-hybridized carbons (Fsp3) is 0.400. The van der Waals surface area contributed by atoms with Gasteiger partial charge in [-0.2, -0.15) is 5.10 Å². The summed E-state index contributed by atoms with van der Waals surface area (Å²) in [5.74, 6) is -0.311. The molecular formula is C15H17N3O4S. The van der Waals surface area contributed by atoms with Crippen LogP contribution in [0.4, 0.5) is 0 Å². The number of carbonyl (C=O) groups is 1. The van der Waals surface area contributed by atoms with E-state index in [1.165, 1.54) is 11.9 Å². The topological polar surface area (TPSA) is 89.3 Å². The molecule has 0 N–H and O–H groups in total. The van der Waals surface area contributed by atoms with Gasteiger partial charge in [0.2, 0.25) is 0 Å². The number of hydrogen-bond donors (Lipinski definition) is 0. The average molecular weight is 335 g/mol. The summed E-state index contributed by atoms with van der Waals surface area (Å²) in [6.45, 7) is 0. The minimum Gasteiger partial charge on any atom is -0.336 e. The van der Waals surface area contributed by atoms with E-state index in [0.717, 1.165) is 4.68 Å². The molecule has 0 radical (unpaired) electrons. The highest BCUT2D eigenvalue weighted by molar-refractivity contribution is 7.91. The van der Waals surface area contributed by atoms with E-state index in [0.29, 0.717) is 17.2 Å². The smallest absolute Gasteiger partial charge is 0.274 e. The summed E-state index contributed by atoms with van der Waals surface area (Å²) in [5.41, 5.74) is -0.113. The minimum atomic E-state index is -3.08. The Kier molecular flexibility index (Phi) is 3.71. The zero-order chi connectivity index (χ0) is 16.8. The van der Waals surface area contributed by atoms with Crippen LogP contribution in [-0.4, -0.2) is 53.6 Å². The molecule has 1 aliphatic rings. The SMILES string of the molecule is CN(C(=O)c1nn(C)c(=O)c2ccccc12)C1CCS(=O)(=O)C1. The van der Waals surface area contributed by atoms with Gasteiger partial charge in [0.15, 0.2) is 15.5 Å². The number of nitrogens with zero attached hydrogens (tertiary/aromatic N) is 3. The number of fused-ring (bicyclic) bond motifs is 1. The van der Waals surface area contributed by atoms with E-state index in [2.05, 4.69) is 5.10 Å². The van der Waals surface area contributed by atoms with Gasteiger partial charge in [0.1, 0.15) is 0 Å². The number of rotatable bonds is 2. The van der Waals surface area contributed by atoms with Gasteiger partial charge >= 0.3 is 0 Å². The van der Waals surface area contributed by atoms with Crippen LogP contribution >= 0.6 is 0 Å². The van der Waals surface area contributed by atoms with Gasteiger partial charge in [-0.3, -0.25) is 9.59 Å². The van der Waals surface area contributed by atoms with Crippen LogP contribution in [0.1, 0.15) is 16.9 Å². The first-order valence-electron chi connectivity index (χ1n) is 7.24. The van der Waals surface area contributed by atoms with Crippen molar-refractivity contribution in [1.82, 2.24) is 14.7 Å². The maximum atomic E-state index is 12.8. The molecule has 1 atom stereocenters. The molecule has 122 valence electrons. The number of hydrogen-bond acceptors (Lipinski definition) is 5. The summed E-state index contributed by atoms with van der Waals surface area (Å²) in [6.07, 6.45) is 0.425. The Hall–Kier alpha value is -2.22. The van der Waals surface area contributed by atoms with Crippen molar-refractivity contribution in [3.05, 3.63) is 40.3 Å². The first-order chi connectivity index (χ1) is 10.8. The summed E-state index contributed by atoms with van der Waals surface area (Å²) in [6, 6.07) is 6.43. The van der Waals surface area contributed by atoms with E-state index < -0.39 is 9.84 Å². The van der Waals surface area contributed by atoms with Gasteiger partial charge in [-0.05, 0) is 12.5 Å². The van der Waals surface area contributed by atoms with Crippen LogP contribution < -0.4 is 5.56 Å². The van der Waals surface area contributed by atoms with Crippen molar-refractivity contribution < 1.29 is 13.2 Å². The molecule has 8 heteroatoms. The Morgan fingerprint density at radius 3 is 2.57 bits per heavy atom. The van der Waals surface area contributed by atoms with Crippen molar-refractivity contribution in [2.45, 2.75) is 12.5 Å². The predicted octanol–water partition coefficient (Wildman–Crippen LogP) is 0.193. The largest absolute Gasteiger partial charge is 0.336 e. The molecule has 0 spiro atoms. The van der Waals surface area contributed by atoms with Crippen LogP contribution in [-0.2, 0) is 16.9 Å². The monoisotopic (exact) mass is 335 g/mol. The lowest BCUT2D eigenvalue weighted by Gasteiger charge is -2.23. The van der Waals surface area contributed by atoms with E-state index in [-0.39, 0.29) is 34.7 Å². The fourth-order valence-electron chi connectivity index (χ4n) is 2.87. The van der Waals surface area contributed by atoms with Crippen LogP contribution in [0.2, 0.25) is 0 Å². The van der Waals surface area contributed by atoms with Crippen molar-refractivity contribution in [3.63, 3.8) is 0 Å². The van der Waals surface area contributed by atoms with E-state index in [1.54, 1.807) is 31.3 Å². The second-order valence-electron chi connectivity index (χ2n) is 5.80. The lowest BCUT2D eigenvalue weighted by atomic mass is 10.1. The minimum absolute atomic E-state index is 0.0288. The van der Waals surface area contributed by atoms with Crippen molar-refractivity contribution in [3.8, 4) is 0 Å². The highest BCUT2D eigenvalue weighted by Gasteiger charge is 2.34. The van der Waals surface area contributed by atoms with Gasteiger partial charge < -0.3 is 4.90 Å². The van der Waals surface area contributed by atoms with Crippen molar-refractivity contribution in [1.29, 1.82) is 0 Å². The van der Waals surface area contributed by atoms with Crippen LogP contribution in [0.3, 0.4) is 0 Å². The summed E-state index contributed by atoms with van der Waals surface area (Å²) in [5, 5.41) is 4.99. The number of benzene rings is 1. The van der Waals surface area contributed by atoms with Gasteiger partial charge in [0, 0.05) is 25.5 Å². The zero-order valence-corrected chi connectivity index (χ0v) is 13.7. The number of amides is 1. The quantitative estimate of drug-likeness (QED) is 0.782. The molecule has 23 heavy (non-hydrogen) atoms. The normalized spacial score (nSPS) is 19.8. The highest BCUT2D eigenvalue weighted by atomic mass is 32.2. The molecule has 1 aliphatic heterocycles. The van der Waals surface area contributed by atoms with Crippen molar-refractivity contribution in [2.24, 2.45) is 7.05 Å². The second-order valence-corrected chi connectivity index (χ2v) is 8.02. The van der Waals surface area contributed by atoms with E-state index in [9.17, 15) is 18.0 Å². The first kappa shape index (κ1) is 15.7. The van der Waals surface area contributed by atoms with Crippen molar-refractivity contribution in [2.75, 3.05) is 18.6 Å². The Bertz CT molecular complexity index is 949. The third-order valence-electron chi connectivity index (χ3n) is 4.24. The molecule has 1 saturated heterocycles. The number of aromatic nitrogens is 2. The summed E-state index contributed by atoms with van der Waals surface area (Å²) >= 11 is 0. The Balaban J connectivity index is 2.05. The first-order valence-corrected chi connectivity index (χ1v) is 9.06. The van der Waals surface area contributed by atoms with Crippen LogP contribution in [0.15, 0.2) is 29.1 Å². The number of sulfone groups is 1. The summed E-state index contributed by atoms with van der Waals surface area (Å²) in [7, 11) is -0.0127. The Morgan fingerprint density at radius 1 is 1.30 bits per heavy atom. The number of aryl methyl sites for hydroxylation is 1. The Morgan fingerprint density at radius 2 is 1.96 bits per heavy atom. The second kappa shape index (κ2) is 5.45. The van der Waals surface area contributed by atoms with Gasteiger partial charge in [0.05, 0.1) is 16.9 Å². The maximum Gasteiger partial charge on any atom is 0.274 e. The van der Waals surface area contributed by atoms with E-state index in [1.807, 2.05) is 0 Å². The van der Waals surface area contributed by atoms with Crippen LogP contribution in [0.5, 0.6) is 0 Å². The lowest BCUT2D eigenvalue weighted by molar-refractivity contribution is 0.0741. The molecule has 0 bridgehead atoms. The highest BCUT2D eigenvalue weighted by Crippen LogP contribution is 2.20. The fourth-order valence-corrected chi connectivity index (χ4v) is 4.65. The molecule has 2 aromatic rings. The lowest BCUT2D eigenvalue weighted by Crippen LogP contribution is -2.39. The number of carbonyl (C=O) groups excluding carboxylic acids is 1. The molecule has 0 saturated carbocycles. The van der Waals surface area contributed by atoms with Gasteiger partial charge in [0.25, 0.3) is 11.5 Å². The van der Waals surface area contributed by atoms with E-state index >= 15 is 0 Å². The molecule has 1 aromatic heterocycles. The molecule has 1 fully saturated rings. The van der Waals surface area contributed by atoms with Crippen molar-refractivity contribution >= 4 is 26.5 Å². The maximum absolute atomic E-state index is 12.8. The molecule has 2 heterocycles. The average Bonchev–Trinajstić information content (AvgIpc) is 2.89. The zero-order valence-electron chi connectivity index (χ0n) is 12.9. The molecule has 7 nitrogen and oxygen atoms in total. The van der Waals surface area contributed by atoms with Gasteiger partial charge in [-0.1, -0.05) is 18.2 Å². The summed E-state index contributed by atoms with van der Waals surface area (Å²) < 4.78 is 24.4. The molecule has 1 unspecified atom stereocenters.